The van der Waals surface area contributed by atoms with Gasteiger partial charge in [0.1, 0.15) is 10.4 Å². The number of nitrogens with zero attached hydrogens (tertiary/aromatic N) is 2. The van der Waals surface area contributed by atoms with E-state index in [0.717, 1.165) is 11.1 Å². The van der Waals surface area contributed by atoms with E-state index in [4.69, 9.17) is 5.11 Å². The van der Waals surface area contributed by atoms with E-state index in [2.05, 4.69) is 30.6 Å². The van der Waals surface area contributed by atoms with Crippen LogP contribution in [0.3, 0.4) is 0 Å². The van der Waals surface area contributed by atoms with Crippen LogP contribution in [0.4, 0.5) is 4.39 Å². The number of hydrogen-bond acceptors (Lipinski definition) is 5. The number of hydrogen-bond donors (Lipinski definition) is 1. The number of methoxy groups -OCH3 is 1. The van der Waals surface area contributed by atoms with Gasteiger partial charge in [0.25, 0.3) is 0 Å². The fraction of sp³-hybridized carbons (Fsp3) is 0.100. The van der Waals surface area contributed by atoms with Crippen LogP contribution in [-0.4, -0.2) is 34.1 Å². The van der Waals surface area contributed by atoms with E-state index in [9.17, 15) is 14.0 Å². The van der Waals surface area contributed by atoms with Gasteiger partial charge in [-0.25, -0.2) is 19.0 Å². The number of benzene rings is 1. The van der Waals surface area contributed by atoms with Gasteiger partial charge in [0, 0.05) is 18.0 Å². The van der Waals surface area contributed by atoms with Crippen molar-refractivity contribution in [3.05, 3.63) is 82.0 Å². The highest BCUT2D eigenvalue weighted by atomic mass is 79.9. The van der Waals surface area contributed by atoms with Crippen LogP contribution >= 0.6 is 15.9 Å². The lowest BCUT2D eigenvalue weighted by Gasteiger charge is -2.05. The standard InChI is InChI=1S/C13H10FNO2.C7H6BrNO2/c1-8-6-10(14)3-4-11(8)12-5-2-9(7-15-12)13(16)17;1-11-7(10)5-2-3-6(8)9-4-5/h2-7H,1H3,(H,16,17);2-4H,1H3. The molecule has 0 bridgehead atoms. The Morgan fingerprint density at radius 3 is 2.21 bits per heavy atom. The third-order valence-corrected chi connectivity index (χ3v) is 4.09. The highest BCUT2D eigenvalue weighted by molar-refractivity contribution is 9.10. The van der Waals surface area contributed by atoms with Crippen molar-refractivity contribution >= 4 is 27.9 Å². The Morgan fingerprint density at radius 1 is 1.04 bits per heavy atom. The third-order valence-electron chi connectivity index (χ3n) is 3.62. The van der Waals surface area contributed by atoms with E-state index in [1.807, 2.05) is 0 Å². The smallest absolute Gasteiger partial charge is 0.339 e. The molecule has 0 atom stereocenters. The fourth-order valence-corrected chi connectivity index (χ4v) is 2.44. The number of halogens is 2. The van der Waals surface area contributed by atoms with Crippen LogP contribution in [0, 0.1) is 12.7 Å². The van der Waals surface area contributed by atoms with Crippen molar-refractivity contribution in [2.45, 2.75) is 6.92 Å². The zero-order valence-electron chi connectivity index (χ0n) is 15.0. The molecule has 0 aliphatic carbocycles. The first-order valence-corrected chi connectivity index (χ1v) is 8.77. The number of carboxylic acids is 1. The van der Waals surface area contributed by atoms with E-state index < -0.39 is 5.97 Å². The molecule has 0 saturated carbocycles. The molecular weight excluding hydrogens is 431 g/mol. The molecule has 0 amide bonds. The molecule has 2 heterocycles. The second-order valence-corrected chi connectivity index (χ2v) is 6.37. The van der Waals surface area contributed by atoms with Crippen molar-refractivity contribution in [2.75, 3.05) is 7.11 Å². The Hall–Kier alpha value is -3.13. The molecule has 3 rings (SSSR count). The number of carbonyl (C=O) groups is 2. The number of aromatic nitrogens is 2. The van der Waals surface area contributed by atoms with Gasteiger partial charge in [-0.3, -0.25) is 4.98 Å². The molecule has 2 aromatic heterocycles. The van der Waals surface area contributed by atoms with Crippen LogP contribution in [0.15, 0.2) is 59.5 Å². The van der Waals surface area contributed by atoms with Crippen molar-refractivity contribution in [1.29, 1.82) is 0 Å². The maximum absolute atomic E-state index is 12.9. The fourth-order valence-electron chi connectivity index (χ4n) is 2.21. The third kappa shape index (κ3) is 5.68. The van der Waals surface area contributed by atoms with E-state index >= 15 is 0 Å². The second-order valence-electron chi connectivity index (χ2n) is 5.56. The molecular formula is C20H16BrFN2O4. The van der Waals surface area contributed by atoms with Crippen molar-refractivity contribution < 1.29 is 23.8 Å². The van der Waals surface area contributed by atoms with Crippen LogP contribution in [0.2, 0.25) is 0 Å². The van der Waals surface area contributed by atoms with Gasteiger partial charge < -0.3 is 9.84 Å². The summed E-state index contributed by atoms with van der Waals surface area (Å²) in [7, 11) is 1.34. The Balaban J connectivity index is 0.000000221. The monoisotopic (exact) mass is 446 g/mol. The number of aromatic carboxylic acids is 1. The maximum Gasteiger partial charge on any atom is 0.339 e. The highest BCUT2D eigenvalue weighted by Crippen LogP contribution is 2.22. The van der Waals surface area contributed by atoms with Gasteiger partial charge >= 0.3 is 11.9 Å². The largest absolute Gasteiger partial charge is 0.478 e. The van der Waals surface area contributed by atoms with E-state index in [1.54, 1.807) is 31.2 Å². The Bertz CT molecular complexity index is 977. The first kappa shape index (κ1) is 21.2. The van der Waals surface area contributed by atoms with Crippen LogP contribution in [0.1, 0.15) is 26.3 Å². The number of aryl methyl sites for hydroxylation is 1. The summed E-state index contributed by atoms with van der Waals surface area (Å²) in [5.41, 5.74) is 2.78. The molecule has 0 aliphatic rings. The molecule has 6 nitrogen and oxygen atoms in total. The zero-order valence-corrected chi connectivity index (χ0v) is 16.6. The summed E-state index contributed by atoms with van der Waals surface area (Å²) in [6, 6.07) is 10.8. The SMILES string of the molecule is COC(=O)c1ccc(Br)nc1.Cc1cc(F)ccc1-c1ccc(C(=O)O)cn1. The molecule has 0 aliphatic heterocycles. The molecule has 0 saturated heterocycles. The molecule has 28 heavy (non-hydrogen) atoms. The topological polar surface area (TPSA) is 89.4 Å². The minimum absolute atomic E-state index is 0.133. The van der Waals surface area contributed by atoms with Crippen molar-refractivity contribution in [3.8, 4) is 11.3 Å². The molecule has 0 unspecified atom stereocenters. The molecule has 144 valence electrons. The number of esters is 1. The molecule has 0 radical (unpaired) electrons. The number of carboxylic acid groups (broad SMARTS) is 1. The quantitative estimate of drug-likeness (QED) is 0.469. The first-order valence-electron chi connectivity index (χ1n) is 7.97. The zero-order chi connectivity index (χ0) is 20.7. The minimum Gasteiger partial charge on any atom is -0.478 e. The van der Waals surface area contributed by atoms with Gasteiger partial charge in [0.2, 0.25) is 0 Å². The van der Waals surface area contributed by atoms with Gasteiger partial charge in [-0.1, -0.05) is 0 Å². The molecule has 1 aromatic carbocycles. The number of ether oxygens (including phenoxy) is 1. The van der Waals surface area contributed by atoms with Crippen molar-refractivity contribution in [3.63, 3.8) is 0 Å². The van der Waals surface area contributed by atoms with E-state index in [-0.39, 0.29) is 17.3 Å². The average molecular weight is 447 g/mol. The molecule has 0 spiro atoms. The normalized spacial score (nSPS) is 9.86. The Labute approximate surface area is 169 Å². The van der Waals surface area contributed by atoms with Gasteiger partial charge in [-0.15, -0.1) is 0 Å². The predicted molar refractivity (Wildman–Crippen MR) is 105 cm³/mol. The predicted octanol–water partition coefficient (Wildman–Crippen LogP) is 4.53. The number of carbonyl (C=O) groups excluding carboxylic acids is 1. The average Bonchev–Trinajstić information content (AvgIpc) is 2.68. The van der Waals surface area contributed by atoms with Gasteiger partial charge in [0.05, 0.1) is 23.9 Å². The van der Waals surface area contributed by atoms with Gasteiger partial charge in [0.15, 0.2) is 0 Å². The van der Waals surface area contributed by atoms with Gasteiger partial charge in [-0.2, -0.15) is 0 Å². The lowest BCUT2D eigenvalue weighted by Crippen LogP contribution is -2.00. The summed E-state index contributed by atoms with van der Waals surface area (Å²) in [4.78, 5) is 29.4. The second kappa shape index (κ2) is 9.70. The van der Waals surface area contributed by atoms with Crippen LogP contribution in [0.25, 0.3) is 11.3 Å². The maximum atomic E-state index is 12.9. The number of rotatable bonds is 3. The lowest BCUT2D eigenvalue weighted by molar-refractivity contribution is 0.0599. The first-order chi connectivity index (χ1) is 13.3. The Morgan fingerprint density at radius 2 is 1.71 bits per heavy atom. The summed E-state index contributed by atoms with van der Waals surface area (Å²) in [6.45, 7) is 1.78. The summed E-state index contributed by atoms with van der Waals surface area (Å²) in [5.74, 6) is -1.68. The minimum atomic E-state index is -1.01. The molecule has 1 N–H and O–H groups in total. The molecule has 0 fully saturated rings. The van der Waals surface area contributed by atoms with Gasteiger partial charge in [-0.05, 0) is 70.9 Å². The summed E-state index contributed by atoms with van der Waals surface area (Å²) in [6.07, 6.45) is 2.75. The Kier molecular flexibility index (Phi) is 7.34. The van der Waals surface area contributed by atoms with E-state index in [1.165, 1.54) is 37.7 Å². The van der Waals surface area contributed by atoms with Crippen molar-refractivity contribution in [1.82, 2.24) is 9.97 Å². The summed E-state index contributed by atoms with van der Waals surface area (Å²) in [5, 5.41) is 8.75. The van der Waals surface area contributed by atoms with Crippen molar-refractivity contribution in [2.24, 2.45) is 0 Å². The lowest BCUT2D eigenvalue weighted by atomic mass is 10.0. The number of pyridine rings is 2. The summed E-state index contributed by atoms with van der Waals surface area (Å²) < 4.78 is 18.1. The van der Waals surface area contributed by atoms with E-state index in [0.29, 0.717) is 15.9 Å². The highest BCUT2D eigenvalue weighted by Gasteiger charge is 2.07. The summed E-state index contributed by atoms with van der Waals surface area (Å²) >= 11 is 3.15. The van der Waals surface area contributed by atoms with Crippen LogP contribution in [-0.2, 0) is 4.74 Å². The van der Waals surface area contributed by atoms with Crippen LogP contribution in [0.5, 0.6) is 0 Å². The molecule has 8 heteroatoms. The van der Waals surface area contributed by atoms with Crippen LogP contribution < -0.4 is 0 Å². The molecule has 3 aromatic rings.